The molecule has 0 atom stereocenters. The fourth-order valence-electron chi connectivity index (χ4n) is 2.85. The average molecular weight is 392 g/mol. The van der Waals surface area contributed by atoms with Crippen molar-refractivity contribution in [2.24, 2.45) is 0 Å². The Balaban J connectivity index is 1.63. The minimum Gasteiger partial charge on any atom is -0.395 e. The lowest BCUT2D eigenvalue weighted by atomic mass is 10.2. The van der Waals surface area contributed by atoms with Gasteiger partial charge in [0, 0.05) is 43.3 Å². The largest absolute Gasteiger partial charge is 0.395 e. The van der Waals surface area contributed by atoms with Crippen molar-refractivity contribution in [1.82, 2.24) is 20.3 Å². The van der Waals surface area contributed by atoms with Crippen molar-refractivity contribution in [3.8, 4) is 0 Å². The van der Waals surface area contributed by atoms with Crippen molar-refractivity contribution in [2.45, 2.75) is 0 Å². The molecule has 2 aromatic rings. The number of anilines is 3. The number of nitrogens with zero attached hydrogens (tertiary/aromatic N) is 4. The molecule has 27 heavy (non-hydrogen) atoms. The summed E-state index contributed by atoms with van der Waals surface area (Å²) >= 11 is 5.83. The molecule has 3 rings (SSSR count). The zero-order valence-corrected chi connectivity index (χ0v) is 15.5. The quantitative estimate of drug-likeness (QED) is 0.528. The first-order chi connectivity index (χ1) is 13.1. The third-order valence-corrected chi connectivity index (χ3v) is 4.60. The fraction of sp³-hybridized carbons (Fsp3) is 0.353. The number of aromatic nitrogens is 2. The molecule has 1 amide bonds. The van der Waals surface area contributed by atoms with E-state index in [9.17, 15) is 4.79 Å². The standard InChI is InChI=1S/C17H22ClN7O2/c18-13-3-1-12(2-4-13)17(27)23-22-15-14(19)16(21-11-20-15)25-7-5-24(6-8-25)9-10-26/h1-4,11,26H,5-10,19H2,(H,23,27)(H,20,21,22). The molecule has 1 aromatic heterocycles. The molecule has 1 aliphatic rings. The van der Waals surface area contributed by atoms with Crippen LogP contribution in [0.5, 0.6) is 0 Å². The molecule has 0 aliphatic carbocycles. The number of aliphatic hydroxyl groups is 1. The first kappa shape index (κ1) is 19.2. The van der Waals surface area contributed by atoms with Crippen LogP contribution in [-0.2, 0) is 0 Å². The maximum Gasteiger partial charge on any atom is 0.269 e. The van der Waals surface area contributed by atoms with Crippen LogP contribution in [0.25, 0.3) is 0 Å². The van der Waals surface area contributed by atoms with E-state index in [2.05, 4.69) is 30.6 Å². The van der Waals surface area contributed by atoms with E-state index >= 15 is 0 Å². The van der Waals surface area contributed by atoms with E-state index in [1.54, 1.807) is 24.3 Å². The molecule has 5 N–H and O–H groups in total. The Labute approximate surface area is 162 Å². The second-order valence-corrected chi connectivity index (χ2v) is 6.53. The van der Waals surface area contributed by atoms with Crippen LogP contribution in [0, 0.1) is 0 Å². The Kier molecular flexibility index (Phi) is 6.28. The van der Waals surface area contributed by atoms with Gasteiger partial charge in [0.15, 0.2) is 11.6 Å². The second kappa shape index (κ2) is 8.85. The summed E-state index contributed by atoms with van der Waals surface area (Å²) in [5.74, 6) is 0.626. The van der Waals surface area contributed by atoms with Crippen molar-refractivity contribution in [3.05, 3.63) is 41.2 Å². The zero-order valence-electron chi connectivity index (χ0n) is 14.7. The summed E-state index contributed by atoms with van der Waals surface area (Å²) in [6, 6.07) is 6.54. The summed E-state index contributed by atoms with van der Waals surface area (Å²) in [4.78, 5) is 24.8. The molecule has 0 spiro atoms. The number of amides is 1. The van der Waals surface area contributed by atoms with Gasteiger partial charge in [0.25, 0.3) is 5.91 Å². The van der Waals surface area contributed by atoms with Crippen molar-refractivity contribution < 1.29 is 9.90 Å². The highest BCUT2D eigenvalue weighted by Crippen LogP contribution is 2.26. The van der Waals surface area contributed by atoms with Crippen molar-refractivity contribution in [1.29, 1.82) is 0 Å². The van der Waals surface area contributed by atoms with Crippen molar-refractivity contribution in [3.63, 3.8) is 0 Å². The van der Waals surface area contributed by atoms with Crippen LogP contribution in [0.1, 0.15) is 10.4 Å². The highest BCUT2D eigenvalue weighted by Gasteiger charge is 2.21. The predicted molar refractivity (Wildman–Crippen MR) is 105 cm³/mol. The maximum absolute atomic E-state index is 12.2. The lowest BCUT2D eigenvalue weighted by Crippen LogP contribution is -2.47. The second-order valence-electron chi connectivity index (χ2n) is 6.10. The van der Waals surface area contributed by atoms with Crippen LogP contribution in [0.4, 0.5) is 17.3 Å². The highest BCUT2D eigenvalue weighted by molar-refractivity contribution is 6.30. The normalized spacial score (nSPS) is 14.8. The van der Waals surface area contributed by atoms with E-state index in [1.165, 1.54) is 6.33 Å². The highest BCUT2D eigenvalue weighted by atomic mass is 35.5. The number of β-amino-alcohol motifs (C(OH)–C–C–N with tert-alkyl or cyclic N) is 1. The Morgan fingerprint density at radius 1 is 1.19 bits per heavy atom. The average Bonchev–Trinajstić information content (AvgIpc) is 2.68. The van der Waals surface area contributed by atoms with Crippen LogP contribution in [-0.4, -0.2) is 65.2 Å². The molecule has 0 saturated carbocycles. The van der Waals surface area contributed by atoms with E-state index in [1.807, 2.05) is 0 Å². The summed E-state index contributed by atoms with van der Waals surface area (Å²) in [5, 5.41) is 9.60. The Hall–Kier alpha value is -2.62. The molecule has 0 radical (unpaired) electrons. The molecule has 2 heterocycles. The minimum absolute atomic E-state index is 0.150. The number of halogens is 1. The lowest BCUT2D eigenvalue weighted by molar-refractivity contribution is 0.0962. The molecular formula is C17H22ClN7O2. The number of rotatable bonds is 6. The summed E-state index contributed by atoms with van der Waals surface area (Å²) in [5.41, 5.74) is 12.4. The number of nitrogens with two attached hydrogens (primary N) is 1. The molecule has 0 unspecified atom stereocenters. The number of hydrogen-bond donors (Lipinski definition) is 4. The van der Waals surface area contributed by atoms with Crippen LogP contribution in [0.2, 0.25) is 5.02 Å². The molecule has 9 nitrogen and oxygen atoms in total. The molecule has 144 valence electrons. The van der Waals surface area contributed by atoms with Gasteiger partial charge in [-0.1, -0.05) is 11.6 Å². The molecule has 1 fully saturated rings. The summed E-state index contributed by atoms with van der Waals surface area (Å²) < 4.78 is 0. The van der Waals surface area contributed by atoms with Gasteiger partial charge in [-0.05, 0) is 24.3 Å². The van der Waals surface area contributed by atoms with Crippen LogP contribution in [0.15, 0.2) is 30.6 Å². The van der Waals surface area contributed by atoms with E-state index in [0.29, 0.717) is 34.5 Å². The maximum atomic E-state index is 12.2. The predicted octanol–water partition coefficient (Wildman–Crippen LogP) is 0.583. The van der Waals surface area contributed by atoms with Gasteiger partial charge in [0.2, 0.25) is 0 Å². The van der Waals surface area contributed by atoms with Crippen molar-refractivity contribution in [2.75, 3.05) is 55.4 Å². The van der Waals surface area contributed by atoms with Gasteiger partial charge < -0.3 is 15.7 Å². The van der Waals surface area contributed by atoms with Gasteiger partial charge in [-0.25, -0.2) is 9.97 Å². The van der Waals surface area contributed by atoms with Gasteiger partial charge in [0.05, 0.1) is 6.61 Å². The minimum atomic E-state index is -0.330. The van der Waals surface area contributed by atoms with E-state index in [4.69, 9.17) is 22.4 Å². The summed E-state index contributed by atoms with van der Waals surface area (Å²) in [6.07, 6.45) is 1.41. The Morgan fingerprint density at radius 2 is 1.89 bits per heavy atom. The lowest BCUT2D eigenvalue weighted by Gasteiger charge is -2.35. The fourth-order valence-corrected chi connectivity index (χ4v) is 2.98. The van der Waals surface area contributed by atoms with Gasteiger partial charge in [-0.2, -0.15) is 0 Å². The van der Waals surface area contributed by atoms with Gasteiger partial charge in [-0.3, -0.25) is 20.5 Å². The van der Waals surface area contributed by atoms with Gasteiger partial charge >= 0.3 is 0 Å². The third-order valence-electron chi connectivity index (χ3n) is 4.35. The molecule has 1 aliphatic heterocycles. The third kappa shape index (κ3) is 4.76. The first-order valence-electron chi connectivity index (χ1n) is 8.59. The zero-order chi connectivity index (χ0) is 19.2. The number of aliphatic hydroxyl groups excluding tert-OH is 1. The summed E-state index contributed by atoms with van der Waals surface area (Å²) in [7, 11) is 0. The number of hydrogen-bond acceptors (Lipinski definition) is 8. The van der Waals surface area contributed by atoms with E-state index < -0.39 is 0 Å². The van der Waals surface area contributed by atoms with Crippen LogP contribution in [0.3, 0.4) is 0 Å². The van der Waals surface area contributed by atoms with Gasteiger partial charge in [-0.15, -0.1) is 0 Å². The number of nitrogens with one attached hydrogen (secondary N) is 2. The van der Waals surface area contributed by atoms with Crippen LogP contribution >= 0.6 is 11.6 Å². The van der Waals surface area contributed by atoms with Crippen LogP contribution < -0.4 is 21.5 Å². The molecule has 10 heteroatoms. The van der Waals surface area contributed by atoms with Gasteiger partial charge in [0.1, 0.15) is 12.0 Å². The molecular weight excluding hydrogens is 370 g/mol. The Morgan fingerprint density at radius 3 is 2.56 bits per heavy atom. The number of hydrazine groups is 1. The van der Waals surface area contributed by atoms with E-state index in [-0.39, 0.29) is 12.5 Å². The van der Waals surface area contributed by atoms with Crippen molar-refractivity contribution >= 4 is 34.8 Å². The number of carbonyl (C=O) groups is 1. The molecule has 1 saturated heterocycles. The number of benzene rings is 1. The first-order valence-corrected chi connectivity index (χ1v) is 8.97. The summed E-state index contributed by atoms with van der Waals surface area (Å²) in [6.45, 7) is 3.95. The smallest absolute Gasteiger partial charge is 0.269 e. The number of carbonyl (C=O) groups excluding carboxylic acids is 1. The number of nitrogen functional groups attached to an aromatic ring is 1. The molecule has 1 aromatic carbocycles. The van der Waals surface area contributed by atoms with E-state index in [0.717, 1.165) is 26.2 Å². The molecule has 0 bridgehead atoms. The number of piperazine rings is 1. The SMILES string of the molecule is Nc1c(NNC(=O)c2ccc(Cl)cc2)ncnc1N1CCN(CCO)CC1. The topological polar surface area (TPSA) is 120 Å². The Bertz CT molecular complexity index is 779. The monoisotopic (exact) mass is 391 g/mol.